The van der Waals surface area contributed by atoms with Crippen LogP contribution in [0.4, 0.5) is 4.79 Å². The summed E-state index contributed by atoms with van der Waals surface area (Å²) in [6, 6.07) is 0. The average Bonchev–Trinajstić information content (AvgIpc) is 2.15. The summed E-state index contributed by atoms with van der Waals surface area (Å²) in [6.45, 7) is 7.79. The van der Waals surface area contributed by atoms with E-state index in [2.05, 4.69) is 25.5 Å². The summed E-state index contributed by atoms with van der Waals surface area (Å²) in [5.41, 5.74) is 0. The summed E-state index contributed by atoms with van der Waals surface area (Å²) in [4.78, 5) is 11.8. The predicted molar refractivity (Wildman–Crippen MR) is 51.2 cm³/mol. The molecule has 1 aliphatic rings. The second-order valence-corrected chi connectivity index (χ2v) is 3.27. The summed E-state index contributed by atoms with van der Waals surface area (Å²) in [7, 11) is 1.72. The van der Waals surface area contributed by atoms with Crippen LogP contribution in [0.2, 0.25) is 0 Å². The highest BCUT2D eigenvalue weighted by Gasteiger charge is 2.15. The molecule has 1 rings (SSSR count). The van der Waals surface area contributed by atoms with Crippen molar-refractivity contribution in [3.05, 3.63) is 0 Å². The Morgan fingerprint density at radius 3 is 1.92 bits per heavy atom. The lowest BCUT2D eigenvalue weighted by Gasteiger charge is -1.98. The van der Waals surface area contributed by atoms with E-state index in [0.717, 1.165) is 12.5 Å². The van der Waals surface area contributed by atoms with Gasteiger partial charge < -0.3 is 9.64 Å². The van der Waals surface area contributed by atoms with Crippen molar-refractivity contribution in [1.82, 2.24) is 4.90 Å². The van der Waals surface area contributed by atoms with Gasteiger partial charge in [0.05, 0.1) is 6.54 Å². The van der Waals surface area contributed by atoms with E-state index in [0.29, 0.717) is 6.61 Å². The van der Waals surface area contributed by atoms with Gasteiger partial charge in [-0.3, -0.25) is 0 Å². The molecule has 0 saturated carbocycles. The summed E-state index contributed by atoms with van der Waals surface area (Å²) in [6.07, 6.45) is -0.208. The summed E-state index contributed by atoms with van der Waals surface area (Å²) >= 11 is 0. The van der Waals surface area contributed by atoms with Crippen LogP contribution < -0.4 is 0 Å². The third kappa shape index (κ3) is 7.38. The molecule has 0 atom stereocenters. The van der Waals surface area contributed by atoms with Crippen LogP contribution in [0.1, 0.15) is 28.2 Å². The van der Waals surface area contributed by atoms with Gasteiger partial charge in [0.2, 0.25) is 0 Å². The lowest BCUT2D eigenvalue weighted by molar-refractivity contribution is 0.163. The van der Waals surface area contributed by atoms with Crippen LogP contribution >= 0.6 is 0 Å². The van der Waals surface area contributed by atoms with Crippen molar-refractivity contribution >= 4 is 6.09 Å². The van der Waals surface area contributed by atoms with E-state index in [1.807, 2.05) is 0 Å². The Balaban J connectivity index is 0. The molecule has 1 aliphatic heterocycles. The van der Waals surface area contributed by atoms with E-state index in [9.17, 15) is 4.79 Å². The normalized spacial score (nSPS) is 14.8. The molecule has 0 N–H and O–H groups in total. The summed E-state index contributed by atoms with van der Waals surface area (Å²) in [5.74, 6) is 0.833. The number of carbonyl (C=O) groups excluding carboxylic acids is 1. The maximum absolute atomic E-state index is 10.3. The molecule has 74 valence electrons. The maximum Gasteiger partial charge on any atom is 0.409 e. The fraction of sp³-hybridized carbons (Fsp3) is 0.889. The Kier molecular flexibility index (Phi) is 8.01. The zero-order valence-electron chi connectivity index (χ0n) is 7.76. The number of hydrogen-bond acceptors (Lipinski definition) is 2. The van der Waals surface area contributed by atoms with Gasteiger partial charge in [-0.05, 0) is 5.92 Å². The highest BCUT2D eigenvalue weighted by molar-refractivity contribution is 5.68. The molecule has 0 aromatic heterocycles. The van der Waals surface area contributed by atoms with Crippen LogP contribution in [-0.2, 0) is 4.74 Å². The van der Waals surface area contributed by atoms with Crippen molar-refractivity contribution in [2.75, 3.05) is 20.2 Å². The Labute approximate surface area is 75.7 Å². The number of ether oxygens (including phenoxy) is 1. The fourth-order valence-electron chi connectivity index (χ4n) is 0.471. The highest BCUT2D eigenvalue weighted by atomic mass is 16.6. The van der Waals surface area contributed by atoms with Gasteiger partial charge in [0, 0.05) is 7.05 Å². The number of carbonyl (C=O) groups is 1. The van der Waals surface area contributed by atoms with Crippen LogP contribution in [0, 0.1) is 5.92 Å². The first-order chi connectivity index (χ1) is 5.04. The lowest BCUT2D eigenvalue weighted by Crippen LogP contribution is -2.17. The van der Waals surface area contributed by atoms with Crippen molar-refractivity contribution in [3.63, 3.8) is 0 Å². The molecule has 0 aromatic rings. The number of rotatable bonds is 0. The molecule has 1 amide bonds. The smallest absolute Gasteiger partial charge is 0.409 e. The van der Waals surface area contributed by atoms with E-state index >= 15 is 0 Å². The number of cyclic esters (lactones) is 1. The second-order valence-electron chi connectivity index (χ2n) is 3.27. The van der Waals surface area contributed by atoms with Gasteiger partial charge in [0.1, 0.15) is 6.61 Å². The maximum atomic E-state index is 10.3. The molecule has 0 spiro atoms. The standard InChI is InChI=1S/C4H7NO2.C4H10.CH4/c1-5-2-3-7-4(5)6;1-4(2)3;/h2-3H2,1H3;4H,1-3H3;1H4. The van der Waals surface area contributed by atoms with Crippen molar-refractivity contribution in [3.8, 4) is 0 Å². The second kappa shape index (κ2) is 6.95. The molecule has 3 heteroatoms. The number of amides is 1. The first kappa shape index (κ1) is 13.8. The van der Waals surface area contributed by atoms with Crippen molar-refractivity contribution in [1.29, 1.82) is 0 Å². The Bertz CT molecular complexity index is 121. The van der Waals surface area contributed by atoms with Crippen LogP contribution in [0.25, 0.3) is 0 Å². The van der Waals surface area contributed by atoms with E-state index in [1.54, 1.807) is 11.9 Å². The molecular weight excluding hydrogens is 154 g/mol. The van der Waals surface area contributed by atoms with Gasteiger partial charge in [-0.25, -0.2) is 4.79 Å². The number of hydrogen-bond donors (Lipinski definition) is 0. The first-order valence-electron chi connectivity index (χ1n) is 3.92. The first-order valence-corrected chi connectivity index (χ1v) is 3.92. The molecule has 0 bridgehead atoms. The van der Waals surface area contributed by atoms with Gasteiger partial charge in [0.15, 0.2) is 0 Å². The van der Waals surface area contributed by atoms with Gasteiger partial charge in [-0.15, -0.1) is 0 Å². The van der Waals surface area contributed by atoms with Gasteiger partial charge in [0.25, 0.3) is 0 Å². The minimum absolute atomic E-state index is 0. The topological polar surface area (TPSA) is 29.5 Å². The van der Waals surface area contributed by atoms with E-state index in [4.69, 9.17) is 0 Å². The monoisotopic (exact) mass is 175 g/mol. The Morgan fingerprint density at radius 2 is 1.83 bits per heavy atom. The zero-order chi connectivity index (χ0) is 8.85. The van der Waals surface area contributed by atoms with Crippen LogP contribution in [0.5, 0.6) is 0 Å². The molecule has 12 heavy (non-hydrogen) atoms. The van der Waals surface area contributed by atoms with E-state index < -0.39 is 0 Å². The molecule has 1 heterocycles. The summed E-state index contributed by atoms with van der Waals surface area (Å²) < 4.78 is 4.55. The van der Waals surface area contributed by atoms with Crippen molar-refractivity contribution < 1.29 is 9.53 Å². The Hall–Kier alpha value is -0.730. The lowest BCUT2D eigenvalue weighted by atomic mass is 10.3. The van der Waals surface area contributed by atoms with Gasteiger partial charge >= 0.3 is 6.09 Å². The molecule has 0 aromatic carbocycles. The van der Waals surface area contributed by atoms with Crippen LogP contribution in [0.3, 0.4) is 0 Å². The zero-order valence-corrected chi connectivity index (χ0v) is 7.76. The van der Waals surface area contributed by atoms with Crippen LogP contribution in [0.15, 0.2) is 0 Å². The summed E-state index contributed by atoms with van der Waals surface area (Å²) in [5, 5.41) is 0. The SMILES string of the molecule is C.CC(C)C.CN1CCOC1=O. The van der Waals surface area contributed by atoms with E-state index in [1.165, 1.54) is 0 Å². The van der Waals surface area contributed by atoms with Crippen molar-refractivity contribution in [2.24, 2.45) is 5.92 Å². The predicted octanol–water partition coefficient (Wildman–Crippen LogP) is 2.37. The van der Waals surface area contributed by atoms with Gasteiger partial charge in [-0.2, -0.15) is 0 Å². The third-order valence-electron chi connectivity index (χ3n) is 0.964. The minimum Gasteiger partial charge on any atom is -0.448 e. The van der Waals surface area contributed by atoms with Crippen LogP contribution in [-0.4, -0.2) is 31.2 Å². The number of nitrogens with zero attached hydrogens (tertiary/aromatic N) is 1. The molecule has 0 radical (unpaired) electrons. The molecule has 1 saturated heterocycles. The average molecular weight is 175 g/mol. The fourth-order valence-corrected chi connectivity index (χ4v) is 0.471. The highest BCUT2D eigenvalue weighted by Crippen LogP contribution is 1.96. The van der Waals surface area contributed by atoms with E-state index in [-0.39, 0.29) is 13.5 Å². The van der Waals surface area contributed by atoms with Crippen molar-refractivity contribution in [2.45, 2.75) is 28.2 Å². The number of likely N-dealkylation sites (N-methyl/N-ethyl adjacent to an activating group) is 1. The largest absolute Gasteiger partial charge is 0.448 e. The van der Waals surface area contributed by atoms with Gasteiger partial charge in [-0.1, -0.05) is 28.2 Å². The molecule has 1 fully saturated rings. The molecule has 3 nitrogen and oxygen atoms in total. The molecular formula is C9H21NO2. The minimum atomic E-state index is -0.208. The quantitative estimate of drug-likeness (QED) is 0.565. The Morgan fingerprint density at radius 1 is 1.42 bits per heavy atom. The molecule has 0 aliphatic carbocycles. The third-order valence-corrected chi connectivity index (χ3v) is 0.964. The molecule has 0 unspecified atom stereocenters.